The minimum atomic E-state index is -0.645. The van der Waals surface area contributed by atoms with Gasteiger partial charge in [-0.1, -0.05) is 12.1 Å². The molecule has 3 N–H and O–H groups in total. The van der Waals surface area contributed by atoms with Crippen LogP contribution in [0.5, 0.6) is 0 Å². The first-order chi connectivity index (χ1) is 9.97. The predicted molar refractivity (Wildman–Crippen MR) is 75.3 cm³/mol. The Morgan fingerprint density at radius 1 is 1.24 bits per heavy atom. The van der Waals surface area contributed by atoms with Crippen LogP contribution in [0.15, 0.2) is 42.5 Å². The van der Waals surface area contributed by atoms with Gasteiger partial charge in [0.2, 0.25) is 5.91 Å². The summed E-state index contributed by atoms with van der Waals surface area (Å²) in [6, 6.07) is 9.65. The van der Waals surface area contributed by atoms with E-state index in [0.717, 1.165) is 11.6 Å². The number of nitro benzene ring substituents is 1. The molecule has 108 valence electrons. The van der Waals surface area contributed by atoms with E-state index in [9.17, 15) is 19.3 Å². The Balaban J connectivity index is 2.10. The van der Waals surface area contributed by atoms with Crippen LogP contribution < -0.4 is 11.1 Å². The zero-order valence-electron chi connectivity index (χ0n) is 10.9. The Morgan fingerprint density at radius 3 is 2.48 bits per heavy atom. The Kier molecular flexibility index (Phi) is 4.13. The molecule has 0 fully saturated rings. The van der Waals surface area contributed by atoms with Crippen molar-refractivity contribution in [3.05, 3.63) is 69.5 Å². The second-order valence-electron chi connectivity index (χ2n) is 4.34. The van der Waals surface area contributed by atoms with Crippen LogP contribution in [-0.2, 0) is 6.54 Å². The number of primary amides is 1. The average Bonchev–Trinajstić information content (AvgIpc) is 2.46. The number of carbonyl (C=O) groups excluding carboxylic acids is 1. The van der Waals surface area contributed by atoms with E-state index in [1.165, 1.54) is 24.3 Å². The average molecular weight is 289 g/mol. The summed E-state index contributed by atoms with van der Waals surface area (Å²) in [7, 11) is 0. The molecule has 0 heterocycles. The van der Waals surface area contributed by atoms with Gasteiger partial charge in [0.05, 0.1) is 10.6 Å². The summed E-state index contributed by atoms with van der Waals surface area (Å²) in [5, 5.41) is 13.4. The normalized spacial score (nSPS) is 10.1. The summed E-state index contributed by atoms with van der Waals surface area (Å²) in [5.41, 5.74) is 6.20. The molecule has 0 bridgehead atoms. The lowest BCUT2D eigenvalue weighted by Crippen LogP contribution is -2.12. The third-order valence-corrected chi connectivity index (χ3v) is 2.88. The number of nitrogens with zero attached hydrogens (tertiary/aromatic N) is 1. The molecule has 0 spiro atoms. The molecule has 0 atom stereocenters. The van der Waals surface area contributed by atoms with Crippen molar-refractivity contribution in [2.75, 3.05) is 5.32 Å². The number of non-ortho nitro benzene ring substituents is 1. The van der Waals surface area contributed by atoms with Gasteiger partial charge in [-0.3, -0.25) is 14.9 Å². The summed E-state index contributed by atoms with van der Waals surface area (Å²) in [4.78, 5) is 21.1. The summed E-state index contributed by atoms with van der Waals surface area (Å²) < 4.78 is 13.6. The summed E-state index contributed by atoms with van der Waals surface area (Å²) in [6.07, 6.45) is 0. The van der Waals surface area contributed by atoms with Crippen LogP contribution in [0.3, 0.4) is 0 Å². The third kappa shape index (κ3) is 3.53. The molecule has 7 heteroatoms. The topological polar surface area (TPSA) is 98.3 Å². The second-order valence-corrected chi connectivity index (χ2v) is 4.34. The fourth-order valence-corrected chi connectivity index (χ4v) is 1.75. The van der Waals surface area contributed by atoms with E-state index < -0.39 is 16.6 Å². The number of halogens is 1. The van der Waals surface area contributed by atoms with Crippen molar-refractivity contribution in [3.8, 4) is 0 Å². The van der Waals surface area contributed by atoms with Crippen LogP contribution >= 0.6 is 0 Å². The Labute approximate surface area is 119 Å². The monoisotopic (exact) mass is 289 g/mol. The van der Waals surface area contributed by atoms with E-state index >= 15 is 0 Å². The first-order valence-corrected chi connectivity index (χ1v) is 6.04. The van der Waals surface area contributed by atoms with Crippen molar-refractivity contribution in [3.63, 3.8) is 0 Å². The van der Waals surface area contributed by atoms with Gasteiger partial charge in [0.25, 0.3) is 5.69 Å². The maximum atomic E-state index is 13.6. The number of hydrogen-bond acceptors (Lipinski definition) is 4. The standard InChI is InChI=1S/C14H12FN3O3/c15-12-6-3-10(14(16)19)7-13(12)17-8-9-1-4-11(5-2-9)18(20)21/h1-7,17H,8H2,(H2,16,19). The molecular formula is C14H12FN3O3. The Morgan fingerprint density at radius 2 is 1.90 bits per heavy atom. The van der Waals surface area contributed by atoms with Gasteiger partial charge in [-0.2, -0.15) is 0 Å². The lowest BCUT2D eigenvalue weighted by Gasteiger charge is -2.08. The number of carbonyl (C=O) groups is 1. The van der Waals surface area contributed by atoms with Crippen molar-refractivity contribution in [1.29, 1.82) is 0 Å². The highest BCUT2D eigenvalue weighted by atomic mass is 19.1. The maximum absolute atomic E-state index is 13.6. The minimum Gasteiger partial charge on any atom is -0.379 e. The van der Waals surface area contributed by atoms with Gasteiger partial charge in [0, 0.05) is 24.2 Å². The first kappa shape index (κ1) is 14.4. The predicted octanol–water partition coefficient (Wildman–Crippen LogP) is 2.44. The summed E-state index contributed by atoms with van der Waals surface area (Å²) in [6.45, 7) is 0.261. The highest BCUT2D eigenvalue weighted by Crippen LogP contribution is 2.18. The number of benzene rings is 2. The molecule has 0 aliphatic rings. The molecule has 0 saturated heterocycles. The number of nitrogens with two attached hydrogens (primary N) is 1. The van der Waals surface area contributed by atoms with E-state index in [4.69, 9.17) is 5.73 Å². The van der Waals surface area contributed by atoms with Crippen LogP contribution in [0, 0.1) is 15.9 Å². The van der Waals surface area contributed by atoms with Crippen LogP contribution in [0.25, 0.3) is 0 Å². The summed E-state index contributed by atoms with van der Waals surface area (Å²) in [5.74, 6) is -1.16. The molecular weight excluding hydrogens is 277 g/mol. The molecule has 0 radical (unpaired) electrons. The molecule has 6 nitrogen and oxygen atoms in total. The molecule has 0 unspecified atom stereocenters. The number of nitrogens with one attached hydrogen (secondary N) is 1. The third-order valence-electron chi connectivity index (χ3n) is 2.88. The van der Waals surface area contributed by atoms with Gasteiger partial charge in [0.1, 0.15) is 5.82 Å². The number of amides is 1. The van der Waals surface area contributed by atoms with Crippen LogP contribution in [0.4, 0.5) is 15.8 Å². The molecule has 2 aromatic rings. The molecule has 0 aromatic heterocycles. The highest BCUT2D eigenvalue weighted by Gasteiger charge is 2.08. The zero-order chi connectivity index (χ0) is 15.4. The highest BCUT2D eigenvalue weighted by molar-refractivity contribution is 5.93. The van der Waals surface area contributed by atoms with Gasteiger partial charge in [-0.05, 0) is 23.8 Å². The number of nitro groups is 1. The minimum absolute atomic E-state index is 0.0133. The van der Waals surface area contributed by atoms with E-state index in [1.54, 1.807) is 12.1 Å². The fraction of sp³-hybridized carbons (Fsp3) is 0.0714. The second kappa shape index (κ2) is 6.00. The Bertz CT molecular complexity index is 686. The van der Waals surface area contributed by atoms with Crippen molar-refractivity contribution < 1.29 is 14.1 Å². The van der Waals surface area contributed by atoms with Gasteiger partial charge in [0.15, 0.2) is 0 Å². The maximum Gasteiger partial charge on any atom is 0.269 e. The lowest BCUT2D eigenvalue weighted by molar-refractivity contribution is -0.384. The van der Waals surface area contributed by atoms with Gasteiger partial charge in [-0.25, -0.2) is 4.39 Å². The van der Waals surface area contributed by atoms with E-state index in [-0.39, 0.29) is 23.5 Å². The van der Waals surface area contributed by atoms with Crippen molar-refractivity contribution in [2.24, 2.45) is 5.73 Å². The van der Waals surface area contributed by atoms with Gasteiger partial charge in [-0.15, -0.1) is 0 Å². The number of rotatable bonds is 5. The van der Waals surface area contributed by atoms with E-state index in [1.807, 2.05) is 0 Å². The first-order valence-electron chi connectivity index (χ1n) is 6.04. The Hall–Kier alpha value is -2.96. The molecule has 2 rings (SSSR count). The largest absolute Gasteiger partial charge is 0.379 e. The van der Waals surface area contributed by atoms with E-state index in [0.29, 0.717) is 0 Å². The van der Waals surface area contributed by atoms with Crippen molar-refractivity contribution >= 4 is 17.3 Å². The SMILES string of the molecule is NC(=O)c1ccc(F)c(NCc2ccc([N+](=O)[O-])cc2)c1. The van der Waals surface area contributed by atoms with Crippen molar-refractivity contribution in [1.82, 2.24) is 0 Å². The van der Waals surface area contributed by atoms with Gasteiger partial charge < -0.3 is 11.1 Å². The van der Waals surface area contributed by atoms with Gasteiger partial charge >= 0.3 is 0 Å². The quantitative estimate of drug-likeness (QED) is 0.652. The molecule has 1 amide bonds. The number of anilines is 1. The van der Waals surface area contributed by atoms with Crippen molar-refractivity contribution in [2.45, 2.75) is 6.54 Å². The molecule has 0 aliphatic heterocycles. The van der Waals surface area contributed by atoms with E-state index in [2.05, 4.69) is 5.32 Å². The fourth-order valence-electron chi connectivity index (χ4n) is 1.75. The molecule has 2 aromatic carbocycles. The molecule has 0 aliphatic carbocycles. The lowest BCUT2D eigenvalue weighted by atomic mass is 10.1. The van der Waals surface area contributed by atoms with Crippen LogP contribution in [-0.4, -0.2) is 10.8 Å². The zero-order valence-corrected chi connectivity index (χ0v) is 10.9. The smallest absolute Gasteiger partial charge is 0.269 e. The molecule has 21 heavy (non-hydrogen) atoms. The van der Waals surface area contributed by atoms with Crippen LogP contribution in [0.2, 0.25) is 0 Å². The number of hydrogen-bond donors (Lipinski definition) is 2. The molecule has 0 saturated carbocycles. The summed E-state index contributed by atoms with van der Waals surface area (Å²) >= 11 is 0. The van der Waals surface area contributed by atoms with Crippen LogP contribution in [0.1, 0.15) is 15.9 Å².